The van der Waals surface area contributed by atoms with Gasteiger partial charge in [-0.05, 0) is 93.1 Å². The molecule has 4 bridgehead atoms. The van der Waals surface area contributed by atoms with E-state index < -0.39 is 27.0 Å². The fraction of sp³-hybridized carbons (Fsp3) is 0.720. The maximum absolute atomic E-state index is 15.0. The number of carbonyl (C=O) groups is 1. The fourth-order valence-electron chi connectivity index (χ4n) is 7.31. The van der Waals surface area contributed by atoms with Crippen LogP contribution in [0.15, 0.2) is 12.1 Å². The highest BCUT2D eigenvalue weighted by Gasteiger charge is 2.51. The maximum Gasteiger partial charge on any atom is 0.267 e. The molecule has 1 aromatic carbocycles. The van der Waals surface area contributed by atoms with Gasteiger partial charge in [0.1, 0.15) is 16.8 Å². The molecule has 1 amide bonds. The molecule has 8 heteroatoms. The van der Waals surface area contributed by atoms with E-state index in [1.165, 1.54) is 50.7 Å². The van der Waals surface area contributed by atoms with Crippen LogP contribution in [0.2, 0.25) is 0 Å². The number of ether oxygens (including phenoxy) is 2. The third-order valence-electron chi connectivity index (χ3n) is 8.62. The molecule has 7 rings (SSSR count). The number of amides is 1. The standard InChI is InChI=1S/C25H32FNO5S/c26-22-9-23(32-14-25-10-15-5-16(11-25)7-17(6-15)12-25)20(18-1-2-18)8-21(22)24(28)27-33(29,30)19-3-4-31-13-19/h8-9,15-19H,1-7,10-14H2,(H,27,28). The van der Waals surface area contributed by atoms with Crippen molar-refractivity contribution in [1.29, 1.82) is 0 Å². The van der Waals surface area contributed by atoms with E-state index in [4.69, 9.17) is 9.47 Å². The van der Waals surface area contributed by atoms with Crippen molar-refractivity contribution in [3.63, 3.8) is 0 Å². The zero-order valence-electron chi connectivity index (χ0n) is 18.9. The van der Waals surface area contributed by atoms with Gasteiger partial charge in [0.25, 0.3) is 5.91 Å². The minimum atomic E-state index is -3.91. The van der Waals surface area contributed by atoms with Crippen molar-refractivity contribution < 1.29 is 27.1 Å². The first-order valence-electron chi connectivity index (χ1n) is 12.4. The summed E-state index contributed by atoms with van der Waals surface area (Å²) < 4.78 is 53.5. The molecule has 0 spiro atoms. The summed E-state index contributed by atoms with van der Waals surface area (Å²) in [5.74, 6) is 1.55. The molecule has 1 aromatic rings. The van der Waals surface area contributed by atoms with Crippen LogP contribution in [0.4, 0.5) is 4.39 Å². The number of hydrogen-bond acceptors (Lipinski definition) is 5. The number of benzene rings is 1. The summed E-state index contributed by atoms with van der Waals surface area (Å²) in [5.41, 5.74) is 0.800. The number of rotatable bonds is 7. The summed E-state index contributed by atoms with van der Waals surface area (Å²) in [6, 6.07) is 2.81. The molecule has 0 aromatic heterocycles. The average Bonchev–Trinajstić information content (AvgIpc) is 3.42. The molecule has 33 heavy (non-hydrogen) atoms. The third-order valence-corrected chi connectivity index (χ3v) is 10.3. The van der Waals surface area contributed by atoms with Crippen LogP contribution in [0.3, 0.4) is 0 Å². The van der Waals surface area contributed by atoms with E-state index in [0.29, 0.717) is 25.4 Å². The molecule has 1 N–H and O–H groups in total. The molecular weight excluding hydrogens is 445 g/mol. The topological polar surface area (TPSA) is 81.7 Å². The highest BCUT2D eigenvalue weighted by Crippen LogP contribution is 2.60. The summed E-state index contributed by atoms with van der Waals surface area (Å²) >= 11 is 0. The third kappa shape index (κ3) is 4.18. The van der Waals surface area contributed by atoms with Crippen LogP contribution in [0.1, 0.15) is 79.6 Å². The highest BCUT2D eigenvalue weighted by molar-refractivity contribution is 7.90. The fourth-order valence-corrected chi connectivity index (χ4v) is 8.52. The van der Waals surface area contributed by atoms with E-state index in [1.54, 1.807) is 0 Å². The minimum absolute atomic E-state index is 0.0511. The Balaban J connectivity index is 1.21. The van der Waals surface area contributed by atoms with Crippen molar-refractivity contribution in [2.75, 3.05) is 19.8 Å². The Labute approximate surface area is 194 Å². The monoisotopic (exact) mass is 477 g/mol. The second-order valence-electron chi connectivity index (χ2n) is 11.3. The lowest BCUT2D eigenvalue weighted by molar-refractivity contribution is -0.0747. The van der Waals surface area contributed by atoms with Crippen molar-refractivity contribution in [3.05, 3.63) is 29.1 Å². The van der Waals surface area contributed by atoms with E-state index in [-0.39, 0.29) is 23.5 Å². The summed E-state index contributed by atoms with van der Waals surface area (Å²) in [5, 5.41) is -0.782. The zero-order chi connectivity index (χ0) is 22.8. The molecule has 1 atom stereocenters. The van der Waals surface area contributed by atoms with E-state index in [2.05, 4.69) is 4.72 Å². The van der Waals surface area contributed by atoms with Crippen molar-refractivity contribution in [2.45, 2.75) is 69.0 Å². The lowest BCUT2D eigenvalue weighted by Gasteiger charge is -2.56. The van der Waals surface area contributed by atoms with Gasteiger partial charge in [-0.3, -0.25) is 4.79 Å². The molecule has 5 saturated carbocycles. The SMILES string of the molecule is O=C(NS(=O)(=O)C1CCOC1)c1cc(C2CC2)c(OCC23CC4CC(CC(C4)C2)C3)cc1F. The Bertz CT molecular complexity index is 1030. The smallest absolute Gasteiger partial charge is 0.267 e. The first-order valence-corrected chi connectivity index (χ1v) is 13.9. The minimum Gasteiger partial charge on any atom is -0.493 e. The molecular formula is C25H32FNO5S. The first kappa shape index (κ1) is 21.8. The number of sulfonamides is 1. The predicted octanol–water partition coefficient (Wildman–Crippen LogP) is 4.15. The summed E-state index contributed by atoms with van der Waals surface area (Å²) in [6.45, 7) is 1.00. The van der Waals surface area contributed by atoms with E-state index >= 15 is 4.39 Å². The first-order chi connectivity index (χ1) is 15.8. The van der Waals surface area contributed by atoms with Gasteiger partial charge in [-0.25, -0.2) is 17.5 Å². The summed E-state index contributed by atoms with van der Waals surface area (Å²) in [6.07, 6.45) is 9.99. The van der Waals surface area contributed by atoms with Crippen LogP contribution >= 0.6 is 0 Å². The van der Waals surface area contributed by atoms with E-state index in [1.807, 2.05) is 0 Å². The van der Waals surface area contributed by atoms with Gasteiger partial charge in [0.05, 0.1) is 18.8 Å². The predicted molar refractivity (Wildman–Crippen MR) is 120 cm³/mol. The van der Waals surface area contributed by atoms with Crippen molar-refractivity contribution in [1.82, 2.24) is 4.72 Å². The highest BCUT2D eigenvalue weighted by atomic mass is 32.2. The average molecular weight is 478 g/mol. The zero-order valence-corrected chi connectivity index (χ0v) is 19.7. The van der Waals surface area contributed by atoms with Crippen molar-refractivity contribution >= 4 is 15.9 Å². The Morgan fingerprint density at radius 1 is 1.09 bits per heavy atom. The van der Waals surface area contributed by atoms with Crippen LogP contribution in [0.25, 0.3) is 0 Å². The molecule has 1 unspecified atom stereocenters. The van der Waals surface area contributed by atoms with Crippen LogP contribution in [0.5, 0.6) is 5.75 Å². The molecule has 6 fully saturated rings. The largest absolute Gasteiger partial charge is 0.493 e. The Morgan fingerprint density at radius 3 is 2.33 bits per heavy atom. The van der Waals surface area contributed by atoms with E-state index in [9.17, 15) is 13.2 Å². The van der Waals surface area contributed by atoms with Gasteiger partial charge in [-0.1, -0.05) is 0 Å². The second-order valence-corrected chi connectivity index (χ2v) is 13.3. The summed E-state index contributed by atoms with van der Waals surface area (Å²) in [7, 11) is -3.91. The molecule has 180 valence electrons. The normalized spacial score (nSPS) is 35.1. The number of halogens is 1. The van der Waals surface area contributed by atoms with Crippen LogP contribution < -0.4 is 9.46 Å². The van der Waals surface area contributed by atoms with Gasteiger partial charge in [0, 0.05) is 18.1 Å². The number of hydrogen-bond donors (Lipinski definition) is 1. The Kier molecular flexibility index (Phi) is 5.25. The molecule has 1 heterocycles. The molecule has 1 saturated heterocycles. The maximum atomic E-state index is 15.0. The van der Waals surface area contributed by atoms with Gasteiger partial charge >= 0.3 is 0 Å². The lowest BCUT2D eigenvalue weighted by Crippen LogP contribution is -2.48. The Morgan fingerprint density at radius 2 is 1.76 bits per heavy atom. The van der Waals surface area contributed by atoms with Gasteiger partial charge in [-0.2, -0.15) is 0 Å². The van der Waals surface area contributed by atoms with Gasteiger partial charge in [0.2, 0.25) is 10.0 Å². The van der Waals surface area contributed by atoms with Gasteiger partial charge in [-0.15, -0.1) is 0 Å². The molecule has 0 radical (unpaired) electrons. The number of nitrogens with one attached hydrogen (secondary N) is 1. The quantitative estimate of drug-likeness (QED) is 0.638. The second kappa shape index (κ2) is 7.94. The van der Waals surface area contributed by atoms with Gasteiger partial charge < -0.3 is 9.47 Å². The van der Waals surface area contributed by atoms with Gasteiger partial charge in [0.15, 0.2) is 0 Å². The van der Waals surface area contributed by atoms with Crippen molar-refractivity contribution in [2.24, 2.45) is 23.2 Å². The molecule has 6 aliphatic rings. The van der Waals surface area contributed by atoms with Crippen LogP contribution in [-0.2, 0) is 14.8 Å². The summed E-state index contributed by atoms with van der Waals surface area (Å²) in [4.78, 5) is 12.7. The van der Waals surface area contributed by atoms with Crippen LogP contribution in [-0.4, -0.2) is 39.4 Å². The van der Waals surface area contributed by atoms with E-state index in [0.717, 1.165) is 36.2 Å². The van der Waals surface area contributed by atoms with Crippen molar-refractivity contribution in [3.8, 4) is 5.75 Å². The number of carbonyl (C=O) groups excluding carboxylic acids is 1. The lowest BCUT2D eigenvalue weighted by atomic mass is 9.50. The molecule has 1 aliphatic heterocycles. The molecule has 5 aliphatic carbocycles. The Hall–Kier alpha value is -1.67. The molecule has 6 nitrogen and oxygen atoms in total. The van der Waals surface area contributed by atoms with Crippen LogP contribution in [0, 0.1) is 29.0 Å².